The Morgan fingerprint density at radius 2 is 2.00 bits per heavy atom. The Bertz CT molecular complexity index is 254. The number of aliphatic hydroxyl groups excluding tert-OH is 1. The van der Waals surface area contributed by atoms with Gasteiger partial charge in [0.2, 0.25) is 0 Å². The second-order valence-corrected chi connectivity index (χ2v) is 12.1. The van der Waals surface area contributed by atoms with Gasteiger partial charge >= 0.3 is 5.97 Å². The number of carbonyl (C=O) groups excluding carboxylic acids is 1. The van der Waals surface area contributed by atoms with E-state index >= 15 is 0 Å². The van der Waals surface area contributed by atoms with Gasteiger partial charge in [-0.05, 0) is 19.4 Å². The summed E-state index contributed by atoms with van der Waals surface area (Å²) in [6.07, 6.45) is 1.30. The van der Waals surface area contributed by atoms with E-state index in [1.54, 1.807) is 0 Å². The summed E-state index contributed by atoms with van der Waals surface area (Å²) in [6, 6.07) is 1.29. The Morgan fingerprint density at radius 1 is 1.37 bits per heavy atom. The third-order valence-electron chi connectivity index (χ3n) is 3.09. The van der Waals surface area contributed by atoms with Crippen LogP contribution >= 0.6 is 0 Å². The van der Waals surface area contributed by atoms with Crippen molar-refractivity contribution >= 4 is 14.0 Å². The fraction of sp³-hybridized carbons (Fsp3) is 0.929. The Morgan fingerprint density at radius 3 is 2.53 bits per heavy atom. The van der Waals surface area contributed by atoms with E-state index in [1.807, 2.05) is 13.8 Å². The molecule has 2 N–H and O–H groups in total. The number of hydrogen-bond donors (Lipinski definition) is 2. The highest BCUT2D eigenvalue weighted by molar-refractivity contribution is 6.76. The lowest BCUT2D eigenvalue weighted by molar-refractivity contribution is -0.150. The van der Waals surface area contributed by atoms with Gasteiger partial charge in [-0.15, -0.1) is 0 Å². The first kappa shape index (κ1) is 18.6. The zero-order chi connectivity index (χ0) is 14.9. The van der Waals surface area contributed by atoms with Crippen LogP contribution in [0.25, 0.3) is 0 Å². The van der Waals surface area contributed by atoms with E-state index in [2.05, 4.69) is 25.0 Å². The van der Waals surface area contributed by atoms with Crippen molar-refractivity contribution in [1.82, 2.24) is 5.32 Å². The monoisotopic (exact) mass is 289 g/mol. The van der Waals surface area contributed by atoms with Crippen molar-refractivity contribution in [2.75, 3.05) is 19.7 Å². The second-order valence-electron chi connectivity index (χ2n) is 6.46. The minimum absolute atomic E-state index is 0.0862. The van der Waals surface area contributed by atoms with Gasteiger partial charge in [0.05, 0.1) is 5.92 Å². The summed E-state index contributed by atoms with van der Waals surface area (Å²) in [5, 5.41) is 12.9. The predicted octanol–water partition coefficient (Wildman–Crippen LogP) is 2.25. The molecule has 0 fully saturated rings. The van der Waals surface area contributed by atoms with Crippen molar-refractivity contribution in [1.29, 1.82) is 0 Å². The van der Waals surface area contributed by atoms with E-state index in [0.29, 0.717) is 6.54 Å². The van der Waals surface area contributed by atoms with Crippen molar-refractivity contribution < 1.29 is 14.6 Å². The van der Waals surface area contributed by atoms with Crippen LogP contribution in [-0.4, -0.2) is 45.0 Å². The second kappa shape index (κ2) is 9.50. The maximum Gasteiger partial charge on any atom is 0.308 e. The van der Waals surface area contributed by atoms with E-state index in [-0.39, 0.29) is 18.5 Å². The topological polar surface area (TPSA) is 58.6 Å². The molecule has 0 aromatic carbocycles. The average Bonchev–Trinajstić information content (AvgIpc) is 2.33. The lowest BCUT2D eigenvalue weighted by atomic mass is 10.1. The minimum atomic E-state index is -0.953. The van der Waals surface area contributed by atoms with Gasteiger partial charge in [-0.2, -0.15) is 0 Å². The number of nitrogens with one attached hydrogen (secondary N) is 1. The smallest absolute Gasteiger partial charge is 0.308 e. The number of esters is 1. The van der Waals surface area contributed by atoms with Crippen molar-refractivity contribution in [3.05, 3.63) is 0 Å². The molecular weight excluding hydrogens is 258 g/mol. The molecule has 0 aliphatic heterocycles. The summed E-state index contributed by atoms with van der Waals surface area (Å²) < 4.78 is 5.05. The Hall–Kier alpha value is -0.393. The normalized spacial score (nSPS) is 15.1. The third kappa shape index (κ3) is 11.2. The molecule has 0 spiro atoms. The highest BCUT2D eigenvalue weighted by Gasteiger charge is 2.14. The van der Waals surface area contributed by atoms with Gasteiger partial charge in [0, 0.05) is 14.6 Å². The Balaban J connectivity index is 3.55. The van der Waals surface area contributed by atoms with Gasteiger partial charge in [0.15, 0.2) is 0 Å². The first-order chi connectivity index (χ1) is 8.76. The lowest BCUT2D eigenvalue weighted by Gasteiger charge is -2.17. The van der Waals surface area contributed by atoms with E-state index < -0.39 is 14.2 Å². The highest BCUT2D eigenvalue weighted by Crippen LogP contribution is 2.09. The van der Waals surface area contributed by atoms with E-state index in [1.165, 1.54) is 6.04 Å². The summed E-state index contributed by atoms with van der Waals surface area (Å²) in [5.74, 6) is -0.308. The SMILES string of the molecule is CCC(C)C(=O)OCC(O)CNCCC[Si](C)(C)C. The molecule has 4 nitrogen and oxygen atoms in total. The number of hydrogen-bond acceptors (Lipinski definition) is 4. The number of carbonyl (C=O) groups is 1. The van der Waals surface area contributed by atoms with Crippen molar-refractivity contribution in [2.45, 2.75) is 58.5 Å². The van der Waals surface area contributed by atoms with Crippen LogP contribution in [0, 0.1) is 5.92 Å². The van der Waals surface area contributed by atoms with Gasteiger partial charge in [-0.1, -0.05) is 39.5 Å². The summed E-state index contributed by atoms with van der Waals surface area (Å²) in [4.78, 5) is 11.4. The molecule has 0 radical (unpaired) electrons. The van der Waals surface area contributed by atoms with Gasteiger partial charge in [0.25, 0.3) is 0 Å². The third-order valence-corrected chi connectivity index (χ3v) is 4.95. The molecule has 5 heteroatoms. The van der Waals surface area contributed by atoms with Crippen LogP contribution in [0.5, 0.6) is 0 Å². The summed E-state index contributed by atoms with van der Waals surface area (Å²) in [6.45, 7) is 12.3. The molecule has 0 aromatic heterocycles. The van der Waals surface area contributed by atoms with Crippen LogP contribution in [0.15, 0.2) is 0 Å². The summed E-state index contributed by atoms with van der Waals surface area (Å²) in [5.41, 5.74) is 0. The first-order valence-electron chi connectivity index (χ1n) is 7.31. The summed E-state index contributed by atoms with van der Waals surface area (Å²) in [7, 11) is -0.953. The largest absolute Gasteiger partial charge is 0.463 e. The zero-order valence-corrected chi connectivity index (χ0v) is 14.2. The molecule has 0 heterocycles. The standard InChI is InChI=1S/C14H31NO3Si/c1-6-12(2)14(17)18-11-13(16)10-15-8-7-9-19(3,4)5/h12-13,15-16H,6-11H2,1-5H3. The molecule has 0 aliphatic rings. The van der Waals surface area contributed by atoms with Crippen LogP contribution in [0.2, 0.25) is 25.7 Å². The predicted molar refractivity (Wildman–Crippen MR) is 82.1 cm³/mol. The van der Waals surface area contributed by atoms with Gasteiger partial charge in [-0.3, -0.25) is 4.79 Å². The summed E-state index contributed by atoms with van der Waals surface area (Å²) >= 11 is 0. The molecule has 2 unspecified atom stereocenters. The fourth-order valence-electron chi connectivity index (χ4n) is 1.56. The Labute approximate surface area is 118 Å². The molecule has 0 aromatic rings. The molecule has 19 heavy (non-hydrogen) atoms. The highest BCUT2D eigenvalue weighted by atomic mass is 28.3. The molecular formula is C14H31NO3Si. The van der Waals surface area contributed by atoms with Crippen LogP contribution < -0.4 is 5.32 Å². The zero-order valence-electron chi connectivity index (χ0n) is 13.2. The van der Waals surface area contributed by atoms with Crippen molar-refractivity contribution in [3.63, 3.8) is 0 Å². The number of ether oxygens (including phenoxy) is 1. The van der Waals surface area contributed by atoms with Gasteiger partial charge in [0.1, 0.15) is 12.7 Å². The first-order valence-corrected chi connectivity index (χ1v) is 11.0. The maximum absolute atomic E-state index is 11.4. The van der Waals surface area contributed by atoms with E-state index in [9.17, 15) is 9.90 Å². The minimum Gasteiger partial charge on any atom is -0.463 e. The van der Waals surface area contributed by atoms with Gasteiger partial charge in [-0.25, -0.2) is 0 Å². The molecule has 2 atom stereocenters. The fourth-order valence-corrected chi connectivity index (χ4v) is 2.80. The molecule has 0 aliphatic carbocycles. The number of aliphatic hydroxyl groups is 1. The molecule has 0 saturated heterocycles. The van der Waals surface area contributed by atoms with Crippen LogP contribution in [0.4, 0.5) is 0 Å². The molecule has 114 valence electrons. The van der Waals surface area contributed by atoms with Crippen LogP contribution in [0.1, 0.15) is 26.7 Å². The van der Waals surface area contributed by atoms with E-state index in [0.717, 1.165) is 19.4 Å². The Kier molecular flexibility index (Phi) is 9.30. The van der Waals surface area contributed by atoms with Crippen LogP contribution in [0.3, 0.4) is 0 Å². The maximum atomic E-state index is 11.4. The van der Waals surface area contributed by atoms with Crippen molar-refractivity contribution in [3.8, 4) is 0 Å². The number of rotatable bonds is 10. The average molecular weight is 289 g/mol. The molecule has 0 saturated carbocycles. The molecule has 0 amide bonds. The lowest BCUT2D eigenvalue weighted by Crippen LogP contribution is -2.33. The van der Waals surface area contributed by atoms with Crippen LogP contribution in [-0.2, 0) is 9.53 Å². The van der Waals surface area contributed by atoms with Gasteiger partial charge < -0.3 is 15.2 Å². The van der Waals surface area contributed by atoms with Crippen molar-refractivity contribution in [2.24, 2.45) is 5.92 Å². The molecule has 0 rings (SSSR count). The molecule has 0 bridgehead atoms. The van der Waals surface area contributed by atoms with E-state index in [4.69, 9.17) is 4.74 Å². The quantitative estimate of drug-likeness (QED) is 0.368.